The first-order valence-corrected chi connectivity index (χ1v) is 12.2. The Hall–Kier alpha value is -2.20. The zero-order valence-electron chi connectivity index (χ0n) is 19.4. The number of terminal acetylenes is 1. The molecule has 0 saturated heterocycles. The minimum Gasteiger partial charge on any atom is -0.378 e. The molecule has 0 spiro atoms. The van der Waals surface area contributed by atoms with Crippen LogP contribution in [0.15, 0.2) is 42.5 Å². The number of hydrogen-bond acceptors (Lipinski definition) is 2. The van der Waals surface area contributed by atoms with Crippen LogP contribution in [-0.4, -0.2) is 28.6 Å². The molecule has 0 radical (unpaired) electrons. The predicted octanol–water partition coefficient (Wildman–Crippen LogP) is 6.17. The molecule has 7 heteroatoms. The third kappa shape index (κ3) is 3.28. The Kier molecular flexibility index (Phi) is 5.53. The molecule has 0 aliphatic heterocycles. The van der Waals surface area contributed by atoms with Crippen LogP contribution in [0.2, 0.25) is 0 Å². The number of carbonyl (C=O) groups excluding carboxylic acids is 1. The maximum atomic E-state index is 14.8. The summed E-state index contributed by atoms with van der Waals surface area (Å²) in [6.07, 6.45) is 4.07. The molecule has 1 aromatic carbocycles. The third-order valence-corrected chi connectivity index (χ3v) is 9.75. The molecule has 9 unspecified atom stereocenters. The maximum Gasteiger partial charge on any atom is 0.456 e. The van der Waals surface area contributed by atoms with E-state index in [1.54, 1.807) is 0 Å². The van der Waals surface area contributed by atoms with E-state index in [1.807, 2.05) is 30.3 Å². The molecular formula is C28H29F5O2. The average molecular weight is 493 g/mol. The predicted molar refractivity (Wildman–Crippen MR) is 120 cm³/mol. The van der Waals surface area contributed by atoms with Crippen molar-refractivity contribution in [1.82, 2.24) is 0 Å². The van der Waals surface area contributed by atoms with Crippen molar-refractivity contribution in [3.63, 3.8) is 0 Å². The normalized spacial score (nSPS) is 43.1. The van der Waals surface area contributed by atoms with Gasteiger partial charge in [0.1, 0.15) is 5.78 Å². The summed E-state index contributed by atoms with van der Waals surface area (Å²) in [6, 6.07) is 9.70. The van der Waals surface area contributed by atoms with Gasteiger partial charge in [-0.2, -0.15) is 22.0 Å². The molecule has 0 amide bonds. The van der Waals surface area contributed by atoms with Crippen molar-refractivity contribution in [2.45, 2.75) is 62.6 Å². The van der Waals surface area contributed by atoms with E-state index >= 15 is 0 Å². The molecule has 9 atom stereocenters. The summed E-state index contributed by atoms with van der Waals surface area (Å²) in [7, 11) is 0. The average Bonchev–Trinajstić information content (AvgIpc) is 3.09. The first-order chi connectivity index (χ1) is 16.4. The lowest BCUT2D eigenvalue weighted by Crippen LogP contribution is -2.66. The van der Waals surface area contributed by atoms with Gasteiger partial charge < -0.3 is 5.11 Å². The molecule has 4 aliphatic carbocycles. The fourth-order valence-electron chi connectivity index (χ4n) is 8.26. The third-order valence-electron chi connectivity index (χ3n) is 9.75. The number of fused-ring (bicyclic) bond motifs is 5. The quantitative estimate of drug-likeness (QED) is 0.305. The first-order valence-electron chi connectivity index (χ1n) is 12.2. The zero-order valence-corrected chi connectivity index (χ0v) is 19.4. The van der Waals surface area contributed by atoms with Crippen LogP contribution < -0.4 is 0 Å². The van der Waals surface area contributed by atoms with Crippen molar-refractivity contribution in [1.29, 1.82) is 0 Å². The van der Waals surface area contributed by atoms with Gasteiger partial charge in [-0.05, 0) is 66.4 Å². The minimum absolute atomic E-state index is 0.0321. The monoisotopic (exact) mass is 492 g/mol. The first kappa shape index (κ1) is 24.5. The lowest BCUT2D eigenvalue weighted by atomic mass is 9.44. The summed E-state index contributed by atoms with van der Waals surface area (Å²) < 4.78 is 69.9. The summed E-state index contributed by atoms with van der Waals surface area (Å²) in [5.41, 5.74) is -4.10. The molecule has 0 heterocycles. The number of carbonyl (C=O) groups is 1. The fourth-order valence-corrected chi connectivity index (χ4v) is 8.26. The Balaban J connectivity index is 1.57. The van der Waals surface area contributed by atoms with E-state index in [9.17, 15) is 31.9 Å². The van der Waals surface area contributed by atoms with Crippen LogP contribution in [0.5, 0.6) is 0 Å². The van der Waals surface area contributed by atoms with Crippen LogP contribution in [0.3, 0.4) is 0 Å². The van der Waals surface area contributed by atoms with Gasteiger partial charge in [0.15, 0.2) is 5.60 Å². The number of ketones is 1. The number of benzene rings is 1. The second kappa shape index (κ2) is 7.90. The number of rotatable bonds is 2. The fraction of sp³-hybridized carbons (Fsp3) is 0.607. The molecule has 35 heavy (non-hydrogen) atoms. The molecular weight excluding hydrogens is 463 g/mol. The Labute approximate surface area is 202 Å². The topological polar surface area (TPSA) is 37.3 Å². The number of halogens is 5. The summed E-state index contributed by atoms with van der Waals surface area (Å²) in [6.45, 7) is 1.34. The molecule has 3 saturated carbocycles. The highest BCUT2D eigenvalue weighted by Crippen LogP contribution is 2.69. The van der Waals surface area contributed by atoms with Crippen molar-refractivity contribution < 1.29 is 31.9 Å². The Morgan fingerprint density at radius 1 is 1.06 bits per heavy atom. The van der Waals surface area contributed by atoms with Gasteiger partial charge in [0, 0.05) is 24.2 Å². The van der Waals surface area contributed by atoms with Crippen LogP contribution in [0, 0.1) is 53.3 Å². The summed E-state index contributed by atoms with van der Waals surface area (Å²) >= 11 is 0. The number of Topliss-reactive ketones (excluding diaryl/α,β-unsaturated/α-hetero) is 1. The lowest BCUT2D eigenvalue weighted by Gasteiger charge is -2.60. The van der Waals surface area contributed by atoms with Crippen LogP contribution >= 0.6 is 0 Å². The van der Waals surface area contributed by atoms with Gasteiger partial charge in [-0.25, -0.2) is 0 Å². The molecule has 188 valence electrons. The minimum atomic E-state index is -5.90. The number of alkyl halides is 5. The second-order valence-corrected chi connectivity index (χ2v) is 11.2. The summed E-state index contributed by atoms with van der Waals surface area (Å²) in [4.78, 5) is 12.7. The van der Waals surface area contributed by atoms with Crippen LogP contribution in [0.25, 0.3) is 0 Å². The van der Waals surface area contributed by atoms with E-state index in [-0.39, 0.29) is 41.8 Å². The standard InChI is InChI=1S/C28H29F5O2/c1-3-16-15-25(2)22(11-12-26(25,35)27(29,30)28(31,32)33)20-10-9-18-13-19(34)14-21(24(18)23(16)20)17-7-5-4-6-8-17/h1,4-8,11-12,16,18,20-24,35H,9-10,13-15H2,2H3. The zero-order chi connectivity index (χ0) is 25.4. The SMILES string of the molecule is C#CC1CC2(C)C(C=CC2(O)C(F)(F)C(F)(F)F)C2CCC3CC(=O)CC(c4ccccc4)C3C12. The van der Waals surface area contributed by atoms with Crippen molar-refractivity contribution in [3.8, 4) is 12.3 Å². The molecule has 2 nitrogen and oxygen atoms in total. The Bertz CT molecular complexity index is 1070. The number of allylic oxidation sites excluding steroid dienone is 1. The molecule has 4 aliphatic rings. The largest absolute Gasteiger partial charge is 0.456 e. The molecule has 1 N–H and O–H groups in total. The molecule has 0 bridgehead atoms. The van der Waals surface area contributed by atoms with Gasteiger partial charge in [0.05, 0.1) is 0 Å². The van der Waals surface area contributed by atoms with E-state index in [4.69, 9.17) is 6.42 Å². The van der Waals surface area contributed by atoms with Gasteiger partial charge >= 0.3 is 12.1 Å². The van der Waals surface area contributed by atoms with Gasteiger partial charge in [0.25, 0.3) is 0 Å². The smallest absolute Gasteiger partial charge is 0.378 e. The van der Waals surface area contributed by atoms with Gasteiger partial charge in [-0.1, -0.05) is 43.3 Å². The molecule has 5 rings (SSSR count). The summed E-state index contributed by atoms with van der Waals surface area (Å²) in [5, 5.41) is 11.0. The van der Waals surface area contributed by atoms with E-state index in [1.165, 1.54) is 13.0 Å². The second-order valence-electron chi connectivity index (χ2n) is 11.2. The van der Waals surface area contributed by atoms with Gasteiger partial charge in [-0.3, -0.25) is 4.79 Å². The molecule has 3 fully saturated rings. The van der Waals surface area contributed by atoms with E-state index in [0.29, 0.717) is 31.8 Å². The van der Waals surface area contributed by atoms with Crippen molar-refractivity contribution >= 4 is 5.78 Å². The maximum absolute atomic E-state index is 14.8. The highest BCUT2D eigenvalue weighted by molar-refractivity contribution is 5.80. The summed E-state index contributed by atoms with van der Waals surface area (Å²) in [5.74, 6) is -3.94. The number of aliphatic hydroxyl groups is 1. The Morgan fingerprint density at radius 3 is 2.37 bits per heavy atom. The van der Waals surface area contributed by atoms with Crippen molar-refractivity contribution in [2.75, 3.05) is 0 Å². The Morgan fingerprint density at radius 2 is 1.74 bits per heavy atom. The van der Waals surface area contributed by atoms with E-state index in [2.05, 4.69) is 5.92 Å². The number of hydrogen-bond donors (Lipinski definition) is 1. The van der Waals surface area contributed by atoms with Crippen LogP contribution in [-0.2, 0) is 4.79 Å². The molecule has 1 aromatic rings. The lowest BCUT2D eigenvalue weighted by molar-refractivity contribution is -0.355. The van der Waals surface area contributed by atoms with Crippen LogP contribution in [0.4, 0.5) is 22.0 Å². The van der Waals surface area contributed by atoms with E-state index < -0.39 is 35.0 Å². The van der Waals surface area contributed by atoms with Crippen LogP contribution in [0.1, 0.15) is 50.5 Å². The van der Waals surface area contributed by atoms with Gasteiger partial charge in [0.2, 0.25) is 0 Å². The van der Waals surface area contributed by atoms with Gasteiger partial charge in [-0.15, -0.1) is 12.3 Å². The molecule has 0 aromatic heterocycles. The highest BCUT2D eigenvalue weighted by atomic mass is 19.4. The van der Waals surface area contributed by atoms with Crippen molar-refractivity contribution in [2.24, 2.45) is 40.9 Å². The highest BCUT2D eigenvalue weighted by Gasteiger charge is 2.78. The van der Waals surface area contributed by atoms with E-state index in [0.717, 1.165) is 5.56 Å². The van der Waals surface area contributed by atoms with Crippen molar-refractivity contribution in [3.05, 3.63) is 48.0 Å².